The highest BCUT2D eigenvalue weighted by molar-refractivity contribution is 8.76. The van der Waals surface area contributed by atoms with Gasteiger partial charge in [-0.05, 0) is 68.4 Å². The second-order valence-electron chi connectivity index (χ2n) is 26.4. The van der Waals surface area contributed by atoms with E-state index in [-0.39, 0.29) is 102 Å². The molecule has 1 fully saturated rings. The van der Waals surface area contributed by atoms with E-state index in [1.54, 1.807) is 88.4 Å². The summed E-state index contributed by atoms with van der Waals surface area (Å²) in [6.07, 6.45) is -0.293. The van der Waals surface area contributed by atoms with Crippen LogP contribution in [0, 0.1) is 11.8 Å². The number of carbonyl (C=O) groups excluding carboxylic acids is 14. The molecular weight excluding hydrogens is 1520 g/mol. The van der Waals surface area contributed by atoms with Crippen LogP contribution in [0.5, 0.6) is 0 Å². The van der Waals surface area contributed by atoms with Crippen molar-refractivity contribution in [3.05, 3.63) is 71.8 Å². The van der Waals surface area contributed by atoms with Crippen molar-refractivity contribution in [2.45, 2.75) is 171 Å². The first-order valence-electron chi connectivity index (χ1n) is 36.4. The molecule has 0 radical (unpaired) electrons. The molecule has 3 rings (SSSR count). The summed E-state index contributed by atoms with van der Waals surface area (Å²) < 4.78 is 0. The first-order valence-corrected chi connectivity index (χ1v) is 38.9. The maximum Gasteiger partial charge on any atom is 0.326 e. The number of aliphatic hydroxyl groups is 2. The van der Waals surface area contributed by atoms with Gasteiger partial charge in [0, 0.05) is 44.0 Å². The van der Waals surface area contributed by atoms with Gasteiger partial charge in [0.2, 0.25) is 82.7 Å². The first kappa shape index (κ1) is 96.1. The van der Waals surface area contributed by atoms with Crippen molar-refractivity contribution < 1.29 is 87.2 Å². The van der Waals surface area contributed by atoms with Crippen LogP contribution in [-0.4, -0.2) is 258 Å². The Hall–Kier alpha value is -11.1. The molecule has 14 amide bonds. The highest BCUT2D eigenvalue weighted by atomic mass is 33.1. The van der Waals surface area contributed by atoms with E-state index in [4.69, 9.17) is 40.1 Å². The molecule has 1 aliphatic heterocycles. The number of carboxylic acids is 1. The molecular formula is C69H110N24O18S2. The quantitative estimate of drug-likeness (QED) is 0.0144. The Morgan fingerprint density at radius 1 is 0.504 bits per heavy atom. The van der Waals surface area contributed by atoms with Gasteiger partial charge >= 0.3 is 5.97 Å². The van der Waals surface area contributed by atoms with Crippen molar-refractivity contribution in [1.29, 1.82) is 0 Å². The van der Waals surface area contributed by atoms with Crippen LogP contribution >= 0.6 is 21.6 Å². The van der Waals surface area contributed by atoms with Crippen LogP contribution in [0.1, 0.15) is 97.1 Å². The lowest BCUT2D eigenvalue weighted by atomic mass is 9.97. The standard InChI is InChI=1S/C69H110N24O18S2/c1-6-36(3)53-64(108)82-31-52(98)85-43(22-15-25-78-68(73)74)59(103)93-54(37(4)7-2)65(109)91-49(63(107)88-46(28-40-19-12-9-13-20-40)60(104)86-44(66(110)111)23-16-26-79-69(75)76)35-113-112-34-48(90-61(105)47(33-95)89-56(100)41(70)32-94)62(106)83-38(5)55(99)87-45(27-39-17-10-8-11-18-39)57(101)81-29-50(96)80-30-51(97)84-42(58(102)92-53)21-14-24-77-67(71)72/h8-13,17-20,36-38,41-49,53-54,94-95H,6-7,14-16,21-35,70H2,1-5H3,(H,80,96)(H,81,101)(H,82,108)(H,83,106)(H,84,97)(H,85,98)(H,86,104)(H,87,99)(H,88,107)(H,89,100)(H,90,105)(H,91,109)(H,92,102)(H,93,103)(H,110,111)(H4,71,72,77)(H4,73,74,78)(H4,75,76,79)/t36-,37-,38+,41-,42+,43-,44+,45+,46+,47-,48+,49+,53-,54+/m0/s1. The lowest BCUT2D eigenvalue weighted by molar-refractivity contribution is -0.142. The van der Waals surface area contributed by atoms with Gasteiger partial charge in [-0.25, -0.2) is 4.79 Å². The van der Waals surface area contributed by atoms with Gasteiger partial charge in [-0.3, -0.25) is 82.1 Å². The van der Waals surface area contributed by atoms with Gasteiger partial charge in [-0.15, -0.1) is 0 Å². The number of hydrogen-bond donors (Lipinski definition) is 24. The molecule has 0 bridgehead atoms. The zero-order valence-electron chi connectivity index (χ0n) is 63.7. The Balaban J connectivity index is 2.31. The summed E-state index contributed by atoms with van der Waals surface area (Å²) in [4.78, 5) is 222. The van der Waals surface area contributed by atoms with Gasteiger partial charge in [0.15, 0.2) is 17.9 Å². The third-order valence-electron chi connectivity index (χ3n) is 17.4. The molecule has 0 unspecified atom stereocenters. The molecule has 0 spiro atoms. The third-order valence-corrected chi connectivity index (χ3v) is 19.8. The molecule has 2 aromatic rings. The van der Waals surface area contributed by atoms with E-state index in [0.717, 1.165) is 21.6 Å². The topological polar surface area (TPSA) is 704 Å². The second-order valence-corrected chi connectivity index (χ2v) is 29.0. The van der Waals surface area contributed by atoms with E-state index < -0.39 is 217 Å². The van der Waals surface area contributed by atoms with Crippen LogP contribution in [0.15, 0.2) is 75.6 Å². The van der Waals surface area contributed by atoms with Crippen molar-refractivity contribution in [2.75, 3.05) is 64.0 Å². The van der Waals surface area contributed by atoms with Crippen LogP contribution in [0.3, 0.4) is 0 Å². The molecule has 42 nitrogen and oxygen atoms in total. The summed E-state index contributed by atoms with van der Waals surface area (Å²) >= 11 is 0. The number of benzene rings is 2. The minimum atomic E-state index is -1.82. The fourth-order valence-electron chi connectivity index (χ4n) is 10.5. The molecule has 626 valence electrons. The summed E-state index contributed by atoms with van der Waals surface area (Å²) in [6, 6.07) is -2.47. The smallest absolute Gasteiger partial charge is 0.326 e. The molecule has 113 heavy (non-hydrogen) atoms. The number of aliphatic imine (C=N–C) groups is 3. The van der Waals surface area contributed by atoms with E-state index in [9.17, 15) is 77.6 Å². The van der Waals surface area contributed by atoms with E-state index in [0.29, 0.717) is 11.1 Å². The van der Waals surface area contributed by atoms with E-state index >= 15 is 9.59 Å². The molecule has 1 heterocycles. The molecule has 44 heteroatoms. The Kier molecular flexibility index (Phi) is 43.7. The van der Waals surface area contributed by atoms with Crippen molar-refractivity contribution in [3.8, 4) is 0 Å². The van der Waals surface area contributed by atoms with Crippen LogP contribution in [0.25, 0.3) is 0 Å². The minimum Gasteiger partial charge on any atom is -0.480 e. The number of carbonyl (C=O) groups is 15. The summed E-state index contributed by atoms with van der Waals surface area (Å²) in [5.74, 6) is -18.6. The number of amides is 14. The van der Waals surface area contributed by atoms with Gasteiger partial charge in [-0.2, -0.15) is 0 Å². The normalized spacial score (nSPS) is 21.6. The van der Waals surface area contributed by atoms with Crippen molar-refractivity contribution >= 4 is 128 Å². The predicted molar refractivity (Wildman–Crippen MR) is 420 cm³/mol. The number of rotatable bonds is 31. The zero-order valence-corrected chi connectivity index (χ0v) is 65.3. The summed E-state index contributed by atoms with van der Waals surface area (Å²) in [7, 11) is 1.55. The van der Waals surface area contributed by atoms with E-state index in [1.165, 1.54) is 6.92 Å². The SMILES string of the molecule is CC[C@H](C)[C@@H]1NC(=O)[C@@H](CCCN=C(N)N)NC(=O)CNC(=O)CNC(=O)[C@@H](Cc2ccccc2)NC(=O)[C@@H](C)NC(=O)[C@H](NC(=O)[C@H](CO)NC(=O)[C@@H](N)CO)CSSC[C@H](C(=O)N[C@H](Cc2ccccc2)C(=O)N[C@H](CCCN=C(N)N)C(=O)O)NC(=O)[C@@H]([C@@H](C)CC)NC(=O)[C@H](CCCN=C(N)N)NC(=O)CNC1=O. The number of carboxylic acid groups (broad SMARTS) is 1. The Morgan fingerprint density at radius 3 is 1.50 bits per heavy atom. The minimum absolute atomic E-state index is 0.00678. The van der Waals surface area contributed by atoms with Crippen LogP contribution < -0.4 is 115 Å². The Bertz CT molecular complexity index is 3610. The first-order chi connectivity index (χ1) is 53.6. The highest BCUT2D eigenvalue weighted by Crippen LogP contribution is 2.24. The number of nitrogens with zero attached hydrogens (tertiary/aromatic N) is 3. The third kappa shape index (κ3) is 36.7. The van der Waals surface area contributed by atoms with Crippen molar-refractivity contribution in [1.82, 2.24) is 74.4 Å². The molecule has 1 saturated heterocycles. The average Bonchev–Trinajstić information content (AvgIpc) is 0.853. The molecule has 0 saturated carbocycles. The fourth-order valence-corrected chi connectivity index (χ4v) is 12.9. The largest absolute Gasteiger partial charge is 0.480 e. The fraction of sp³-hybridized carbons (Fsp3) is 0.565. The molecule has 0 aliphatic carbocycles. The molecule has 14 atom stereocenters. The summed E-state index contributed by atoms with van der Waals surface area (Å²) in [5, 5.41) is 65.0. The average molecular weight is 1630 g/mol. The monoisotopic (exact) mass is 1630 g/mol. The van der Waals surface area contributed by atoms with Gasteiger partial charge in [-0.1, -0.05) is 123 Å². The molecule has 31 N–H and O–H groups in total. The Morgan fingerprint density at radius 2 is 0.991 bits per heavy atom. The lowest BCUT2D eigenvalue weighted by Gasteiger charge is -2.29. The number of aliphatic hydroxyl groups excluding tert-OH is 2. The number of guanidine groups is 3. The van der Waals surface area contributed by atoms with Gasteiger partial charge in [0.1, 0.15) is 72.5 Å². The maximum absolute atomic E-state index is 15.1. The Labute approximate surface area is 660 Å². The van der Waals surface area contributed by atoms with Crippen molar-refractivity contribution in [3.63, 3.8) is 0 Å². The maximum atomic E-state index is 15.1. The van der Waals surface area contributed by atoms with Crippen LogP contribution in [0.4, 0.5) is 0 Å². The van der Waals surface area contributed by atoms with Gasteiger partial charge in [0.25, 0.3) is 0 Å². The summed E-state index contributed by atoms with van der Waals surface area (Å²) in [5.41, 5.74) is 39.8. The van der Waals surface area contributed by atoms with Crippen LogP contribution in [-0.2, 0) is 84.8 Å². The predicted octanol–water partition coefficient (Wildman–Crippen LogP) is -8.78. The van der Waals surface area contributed by atoms with E-state index in [2.05, 4.69) is 89.4 Å². The second kappa shape index (κ2) is 51.4. The lowest BCUT2D eigenvalue weighted by Crippen LogP contribution is -2.61. The number of aliphatic carboxylic acids is 1. The van der Waals surface area contributed by atoms with Crippen LogP contribution in [0.2, 0.25) is 0 Å². The van der Waals surface area contributed by atoms with E-state index in [1.807, 2.05) is 0 Å². The molecule has 0 aromatic heterocycles. The molecule has 2 aromatic carbocycles. The van der Waals surface area contributed by atoms with Gasteiger partial charge in [0.05, 0.1) is 32.8 Å². The molecule has 1 aliphatic rings. The number of hydrogen-bond acceptors (Lipinski definition) is 23. The van der Waals surface area contributed by atoms with Crippen molar-refractivity contribution in [2.24, 2.45) is 66.9 Å². The zero-order chi connectivity index (χ0) is 84.3. The highest BCUT2D eigenvalue weighted by Gasteiger charge is 2.38. The number of nitrogens with one attached hydrogen (secondary N) is 14. The number of nitrogens with two attached hydrogens (primary N) is 7. The summed E-state index contributed by atoms with van der Waals surface area (Å²) in [6.45, 7) is 3.41. The van der Waals surface area contributed by atoms with Gasteiger partial charge < -0.3 is 130 Å².